The maximum Gasteiger partial charge on any atom is 0.319 e. The molecule has 0 bridgehead atoms. The smallest absolute Gasteiger partial charge is 0.319 e. The summed E-state index contributed by atoms with van der Waals surface area (Å²) < 4.78 is 5.31. The fourth-order valence-electron chi connectivity index (χ4n) is 2.12. The van der Waals surface area contributed by atoms with Gasteiger partial charge in [0.05, 0.1) is 6.54 Å². The van der Waals surface area contributed by atoms with Gasteiger partial charge in [0.1, 0.15) is 6.10 Å². The number of carbonyl (C=O) groups excluding carboxylic acids is 1. The Labute approximate surface area is 92.4 Å². The molecule has 1 aliphatic carbocycles. The van der Waals surface area contributed by atoms with Crippen LogP contribution in [0.25, 0.3) is 0 Å². The monoisotopic (exact) mass is 213 g/mol. The highest BCUT2D eigenvalue weighted by Gasteiger charge is 2.13. The second kappa shape index (κ2) is 7.69. The van der Waals surface area contributed by atoms with Gasteiger partial charge in [-0.15, -0.1) is 0 Å². The number of carbonyl (C=O) groups is 1. The minimum atomic E-state index is -0.253. The van der Waals surface area contributed by atoms with Crippen molar-refractivity contribution in [1.29, 1.82) is 0 Å². The molecule has 1 saturated carbocycles. The van der Waals surface area contributed by atoms with E-state index >= 15 is 0 Å². The summed E-state index contributed by atoms with van der Waals surface area (Å²) in [5, 5.41) is 0. The molecule has 0 amide bonds. The third kappa shape index (κ3) is 5.78. The first-order chi connectivity index (χ1) is 7.33. The maximum atomic E-state index is 11.1. The summed E-state index contributed by atoms with van der Waals surface area (Å²) in [6, 6.07) is 0. The predicted octanol–water partition coefficient (Wildman–Crippen LogP) is 2.38. The molecule has 88 valence electrons. The Morgan fingerprint density at radius 1 is 1.00 bits per heavy atom. The predicted molar refractivity (Wildman–Crippen MR) is 60.5 cm³/mol. The average molecular weight is 213 g/mol. The Morgan fingerprint density at radius 2 is 1.47 bits per heavy atom. The van der Waals surface area contributed by atoms with E-state index in [-0.39, 0.29) is 18.6 Å². The van der Waals surface area contributed by atoms with Gasteiger partial charge < -0.3 is 10.5 Å². The summed E-state index contributed by atoms with van der Waals surface area (Å²) >= 11 is 0. The molecule has 0 unspecified atom stereocenters. The number of nitrogens with two attached hydrogens (primary N) is 1. The Bertz CT molecular complexity index is 172. The van der Waals surface area contributed by atoms with E-state index in [1.807, 2.05) is 0 Å². The van der Waals surface area contributed by atoms with Crippen molar-refractivity contribution >= 4 is 5.97 Å². The van der Waals surface area contributed by atoms with Crippen LogP contribution in [0.2, 0.25) is 0 Å². The van der Waals surface area contributed by atoms with E-state index in [2.05, 4.69) is 0 Å². The molecule has 1 rings (SSSR count). The Hall–Kier alpha value is -0.570. The molecule has 0 atom stereocenters. The molecule has 0 saturated heterocycles. The number of rotatable bonds is 2. The standard InChI is InChI=1S/C12H23NO2/c13-10-12(14)15-11-8-6-4-2-1-3-5-7-9-11/h11H,1-10,13H2. The van der Waals surface area contributed by atoms with Gasteiger partial charge in [-0.25, -0.2) is 0 Å². The third-order valence-electron chi connectivity index (χ3n) is 3.02. The van der Waals surface area contributed by atoms with Crippen molar-refractivity contribution in [3.05, 3.63) is 0 Å². The summed E-state index contributed by atoms with van der Waals surface area (Å²) in [5.74, 6) is -0.253. The van der Waals surface area contributed by atoms with Gasteiger partial charge in [0.15, 0.2) is 0 Å². The molecule has 2 N–H and O–H groups in total. The Balaban J connectivity index is 2.28. The van der Waals surface area contributed by atoms with Crippen LogP contribution in [0, 0.1) is 0 Å². The van der Waals surface area contributed by atoms with Crippen LogP contribution in [0.15, 0.2) is 0 Å². The summed E-state index contributed by atoms with van der Waals surface area (Å²) in [4.78, 5) is 11.1. The van der Waals surface area contributed by atoms with Crippen LogP contribution in [0.1, 0.15) is 57.8 Å². The minimum absolute atomic E-state index is 0.0104. The molecular weight excluding hydrogens is 190 g/mol. The van der Waals surface area contributed by atoms with Crippen LogP contribution in [-0.2, 0) is 9.53 Å². The summed E-state index contributed by atoms with van der Waals surface area (Å²) in [6.07, 6.45) is 11.1. The van der Waals surface area contributed by atoms with Crippen molar-refractivity contribution in [2.75, 3.05) is 6.54 Å². The van der Waals surface area contributed by atoms with Gasteiger partial charge in [0, 0.05) is 0 Å². The lowest BCUT2D eigenvalue weighted by molar-refractivity contribution is -0.148. The van der Waals surface area contributed by atoms with Crippen LogP contribution in [0.4, 0.5) is 0 Å². The molecule has 1 aliphatic rings. The molecule has 15 heavy (non-hydrogen) atoms. The van der Waals surface area contributed by atoms with Crippen molar-refractivity contribution < 1.29 is 9.53 Å². The molecule has 0 aromatic heterocycles. The molecule has 0 aromatic rings. The molecule has 3 heteroatoms. The Kier molecular flexibility index (Phi) is 6.41. The highest BCUT2D eigenvalue weighted by molar-refractivity contribution is 5.71. The lowest BCUT2D eigenvalue weighted by atomic mass is 9.99. The molecule has 3 nitrogen and oxygen atoms in total. The second-order valence-electron chi connectivity index (χ2n) is 4.37. The quantitative estimate of drug-likeness (QED) is 0.716. The fraction of sp³-hybridized carbons (Fsp3) is 0.917. The highest BCUT2D eigenvalue weighted by Crippen LogP contribution is 2.18. The largest absolute Gasteiger partial charge is 0.461 e. The van der Waals surface area contributed by atoms with E-state index in [1.54, 1.807) is 0 Å². The number of ether oxygens (including phenoxy) is 1. The van der Waals surface area contributed by atoms with E-state index < -0.39 is 0 Å². The average Bonchev–Trinajstić information content (AvgIpc) is 2.27. The topological polar surface area (TPSA) is 52.3 Å². The molecule has 0 spiro atoms. The third-order valence-corrected chi connectivity index (χ3v) is 3.02. The lowest BCUT2D eigenvalue weighted by Crippen LogP contribution is -2.24. The van der Waals surface area contributed by atoms with Crippen LogP contribution in [0.3, 0.4) is 0 Å². The van der Waals surface area contributed by atoms with E-state index in [9.17, 15) is 4.79 Å². The van der Waals surface area contributed by atoms with Gasteiger partial charge in [0.25, 0.3) is 0 Å². The molecular formula is C12H23NO2. The van der Waals surface area contributed by atoms with Crippen molar-refractivity contribution in [3.63, 3.8) is 0 Å². The van der Waals surface area contributed by atoms with E-state index in [0.29, 0.717) is 0 Å². The number of hydrogen-bond acceptors (Lipinski definition) is 3. The summed E-state index contributed by atoms with van der Waals surface area (Å²) in [7, 11) is 0. The molecule has 0 radical (unpaired) electrons. The van der Waals surface area contributed by atoms with Gasteiger partial charge in [-0.3, -0.25) is 4.79 Å². The molecule has 1 fully saturated rings. The van der Waals surface area contributed by atoms with Crippen molar-refractivity contribution in [2.24, 2.45) is 5.73 Å². The van der Waals surface area contributed by atoms with Gasteiger partial charge in [-0.2, -0.15) is 0 Å². The second-order valence-corrected chi connectivity index (χ2v) is 4.37. The first kappa shape index (κ1) is 12.5. The van der Waals surface area contributed by atoms with E-state index in [0.717, 1.165) is 12.8 Å². The van der Waals surface area contributed by atoms with Crippen molar-refractivity contribution in [3.8, 4) is 0 Å². The van der Waals surface area contributed by atoms with Crippen LogP contribution < -0.4 is 5.73 Å². The molecule has 0 aromatic carbocycles. The molecule has 0 heterocycles. The highest BCUT2D eigenvalue weighted by atomic mass is 16.5. The number of esters is 1. The van der Waals surface area contributed by atoms with Crippen LogP contribution >= 0.6 is 0 Å². The zero-order valence-electron chi connectivity index (χ0n) is 9.54. The van der Waals surface area contributed by atoms with E-state index in [4.69, 9.17) is 10.5 Å². The van der Waals surface area contributed by atoms with Gasteiger partial charge in [0.2, 0.25) is 0 Å². The van der Waals surface area contributed by atoms with Crippen LogP contribution in [0.5, 0.6) is 0 Å². The Morgan fingerprint density at radius 3 is 1.93 bits per heavy atom. The first-order valence-electron chi connectivity index (χ1n) is 6.22. The normalized spacial score (nSPS) is 20.9. The van der Waals surface area contributed by atoms with Gasteiger partial charge in [-0.05, 0) is 25.7 Å². The minimum Gasteiger partial charge on any atom is -0.461 e. The fourth-order valence-corrected chi connectivity index (χ4v) is 2.12. The van der Waals surface area contributed by atoms with Gasteiger partial charge >= 0.3 is 5.97 Å². The molecule has 0 aliphatic heterocycles. The SMILES string of the molecule is NCC(=O)OC1CCCCCCCCC1. The lowest BCUT2D eigenvalue weighted by Gasteiger charge is -2.18. The van der Waals surface area contributed by atoms with Crippen LogP contribution in [-0.4, -0.2) is 18.6 Å². The summed E-state index contributed by atoms with van der Waals surface area (Å²) in [5.41, 5.74) is 5.24. The summed E-state index contributed by atoms with van der Waals surface area (Å²) in [6.45, 7) is 0.0104. The van der Waals surface area contributed by atoms with E-state index in [1.165, 1.54) is 44.9 Å². The van der Waals surface area contributed by atoms with Crippen molar-refractivity contribution in [1.82, 2.24) is 0 Å². The maximum absolute atomic E-state index is 11.1. The van der Waals surface area contributed by atoms with Crippen molar-refractivity contribution in [2.45, 2.75) is 63.9 Å². The number of hydrogen-bond donors (Lipinski definition) is 1. The van der Waals surface area contributed by atoms with Gasteiger partial charge in [-0.1, -0.05) is 32.1 Å². The zero-order valence-corrected chi connectivity index (χ0v) is 9.54. The first-order valence-corrected chi connectivity index (χ1v) is 6.22. The zero-order chi connectivity index (χ0) is 10.9.